The molecule has 2 aromatic carbocycles. The van der Waals surface area contributed by atoms with Crippen LogP contribution in [0.3, 0.4) is 0 Å². The van der Waals surface area contributed by atoms with Crippen molar-refractivity contribution in [1.82, 2.24) is 15.1 Å². The van der Waals surface area contributed by atoms with Gasteiger partial charge in [-0.25, -0.2) is 4.68 Å². The number of nitrogens with one attached hydrogen (secondary N) is 1. The van der Waals surface area contributed by atoms with E-state index in [0.29, 0.717) is 23.9 Å². The van der Waals surface area contributed by atoms with E-state index >= 15 is 0 Å². The van der Waals surface area contributed by atoms with Gasteiger partial charge in [0.2, 0.25) is 0 Å². The zero-order valence-corrected chi connectivity index (χ0v) is 14.5. The van der Waals surface area contributed by atoms with Crippen LogP contribution in [0.2, 0.25) is 5.02 Å². The molecule has 3 aromatic rings. The zero-order chi connectivity index (χ0) is 17.6. The fourth-order valence-corrected chi connectivity index (χ4v) is 2.64. The van der Waals surface area contributed by atoms with E-state index in [2.05, 4.69) is 10.4 Å². The third kappa shape index (κ3) is 4.07. The molecular weight excluding hydrogens is 338 g/mol. The molecule has 1 aromatic heterocycles. The molecule has 0 aliphatic heterocycles. The predicted molar refractivity (Wildman–Crippen MR) is 98.2 cm³/mol. The van der Waals surface area contributed by atoms with Crippen LogP contribution in [-0.2, 0) is 4.74 Å². The number of aromatic nitrogens is 2. The van der Waals surface area contributed by atoms with Crippen LogP contribution in [0, 0.1) is 0 Å². The smallest absolute Gasteiger partial charge is 0.270 e. The van der Waals surface area contributed by atoms with Gasteiger partial charge in [-0.15, -0.1) is 0 Å². The summed E-state index contributed by atoms with van der Waals surface area (Å²) in [4.78, 5) is 12.6. The van der Waals surface area contributed by atoms with Crippen molar-refractivity contribution in [3.63, 3.8) is 0 Å². The summed E-state index contributed by atoms with van der Waals surface area (Å²) >= 11 is 6.09. The first kappa shape index (κ1) is 17.2. The molecule has 0 fully saturated rings. The van der Waals surface area contributed by atoms with Crippen LogP contribution in [0.1, 0.15) is 10.5 Å². The van der Waals surface area contributed by atoms with E-state index in [9.17, 15) is 4.79 Å². The van der Waals surface area contributed by atoms with Gasteiger partial charge in [-0.1, -0.05) is 48.0 Å². The molecule has 0 unspecified atom stereocenters. The van der Waals surface area contributed by atoms with Crippen molar-refractivity contribution in [3.05, 3.63) is 71.4 Å². The highest BCUT2D eigenvalue weighted by atomic mass is 35.5. The Balaban J connectivity index is 2.02. The minimum Gasteiger partial charge on any atom is -0.383 e. The van der Waals surface area contributed by atoms with Gasteiger partial charge in [0, 0.05) is 24.2 Å². The third-order valence-corrected chi connectivity index (χ3v) is 3.89. The van der Waals surface area contributed by atoms with Crippen LogP contribution < -0.4 is 5.32 Å². The third-order valence-electron chi connectivity index (χ3n) is 3.66. The molecule has 0 atom stereocenters. The van der Waals surface area contributed by atoms with E-state index in [1.54, 1.807) is 30.0 Å². The van der Waals surface area contributed by atoms with Gasteiger partial charge in [0.15, 0.2) is 0 Å². The number of methoxy groups -OCH3 is 1. The molecule has 6 heteroatoms. The quantitative estimate of drug-likeness (QED) is 0.688. The van der Waals surface area contributed by atoms with Crippen LogP contribution in [0.15, 0.2) is 60.7 Å². The number of hydrogen-bond donors (Lipinski definition) is 1. The fraction of sp³-hybridized carbons (Fsp3) is 0.158. The molecule has 0 aliphatic rings. The summed E-state index contributed by atoms with van der Waals surface area (Å²) < 4.78 is 6.59. The van der Waals surface area contributed by atoms with Gasteiger partial charge < -0.3 is 10.1 Å². The van der Waals surface area contributed by atoms with Gasteiger partial charge in [0.1, 0.15) is 5.69 Å². The van der Waals surface area contributed by atoms with Crippen LogP contribution in [0.4, 0.5) is 0 Å². The number of halogens is 1. The molecule has 0 saturated carbocycles. The van der Waals surface area contributed by atoms with Crippen molar-refractivity contribution in [1.29, 1.82) is 0 Å². The van der Waals surface area contributed by atoms with E-state index in [1.165, 1.54) is 0 Å². The number of hydrogen-bond acceptors (Lipinski definition) is 3. The maximum absolute atomic E-state index is 12.6. The van der Waals surface area contributed by atoms with Crippen molar-refractivity contribution >= 4 is 17.5 Å². The van der Waals surface area contributed by atoms with E-state index in [4.69, 9.17) is 16.3 Å². The Morgan fingerprint density at radius 1 is 1.16 bits per heavy atom. The number of amides is 1. The SMILES string of the molecule is COCCNC(=O)c1cc(-c2ccccc2)nn1-c1cccc(Cl)c1. The molecule has 25 heavy (non-hydrogen) atoms. The second-order valence-corrected chi connectivity index (χ2v) is 5.86. The second kappa shape index (κ2) is 7.96. The first-order valence-electron chi connectivity index (χ1n) is 7.87. The molecular formula is C19H18ClN3O2. The number of nitrogens with zero attached hydrogens (tertiary/aromatic N) is 2. The summed E-state index contributed by atoms with van der Waals surface area (Å²) in [6.45, 7) is 0.874. The lowest BCUT2D eigenvalue weighted by molar-refractivity contribution is 0.0929. The Morgan fingerprint density at radius 2 is 1.96 bits per heavy atom. The molecule has 0 aliphatic carbocycles. The predicted octanol–water partition coefficient (Wildman–Crippen LogP) is 3.57. The maximum Gasteiger partial charge on any atom is 0.270 e. The summed E-state index contributed by atoms with van der Waals surface area (Å²) in [6.07, 6.45) is 0. The molecule has 128 valence electrons. The number of rotatable bonds is 6. The molecule has 0 radical (unpaired) electrons. The van der Waals surface area contributed by atoms with Crippen LogP contribution in [0.5, 0.6) is 0 Å². The van der Waals surface area contributed by atoms with Gasteiger partial charge >= 0.3 is 0 Å². The van der Waals surface area contributed by atoms with Gasteiger partial charge in [-0.2, -0.15) is 5.10 Å². The average molecular weight is 356 g/mol. The second-order valence-electron chi connectivity index (χ2n) is 5.42. The van der Waals surface area contributed by atoms with Crippen LogP contribution >= 0.6 is 11.6 Å². The zero-order valence-electron chi connectivity index (χ0n) is 13.8. The molecule has 1 N–H and O–H groups in total. The highest BCUT2D eigenvalue weighted by Crippen LogP contribution is 2.23. The van der Waals surface area contributed by atoms with E-state index < -0.39 is 0 Å². The Kier molecular flexibility index (Phi) is 5.48. The normalized spacial score (nSPS) is 10.6. The fourth-order valence-electron chi connectivity index (χ4n) is 2.45. The number of carbonyl (C=O) groups excluding carboxylic acids is 1. The lowest BCUT2D eigenvalue weighted by Crippen LogP contribution is -2.28. The Morgan fingerprint density at radius 3 is 2.68 bits per heavy atom. The number of ether oxygens (including phenoxy) is 1. The van der Waals surface area contributed by atoms with Gasteiger partial charge in [0.25, 0.3) is 5.91 Å². The summed E-state index contributed by atoms with van der Waals surface area (Å²) in [5.74, 6) is -0.216. The van der Waals surface area contributed by atoms with Crippen molar-refractivity contribution in [3.8, 4) is 16.9 Å². The van der Waals surface area contributed by atoms with Crippen molar-refractivity contribution < 1.29 is 9.53 Å². The van der Waals surface area contributed by atoms with E-state index in [-0.39, 0.29) is 5.91 Å². The Labute approximate surface area is 151 Å². The minimum absolute atomic E-state index is 0.216. The minimum atomic E-state index is -0.216. The van der Waals surface area contributed by atoms with E-state index in [1.807, 2.05) is 42.5 Å². The topological polar surface area (TPSA) is 56.1 Å². The summed E-state index contributed by atoms with van der Waals surface area (Å²) in [5, 5.41) is 8.02. The number of benzene rings is 2. The standard InChI is InChI=1S/C19H18ClN3O2/c1-25-11-10-21-19(24)18-13-17(14-6-3-2-4-7-14)22-23(18)16-9-5-8-15(20)12-16/h2-9,12-13H,10-11H2,1H3,(H,21,24). The van der Waals surface area contributed by atoms with E-state index in [0.717, 1.165) is 16.9 Å². The van der Waals surface area contributed by atoms with Gasteiger partial charge in [0.05, 0.1) is 18.0 Å². The molecule has 0 bridgehead atoms. The molecule has 0 spiro atoms. The molecule has 3 rings (SSSR count). The first-order chi connectivity index (χ1) is 12.2. The first-order valence-corrected chi connectivity index (χ1v) is 8.25. The summed E-state index contributed by atoms with van der Waals surface area (Å²) in [7, 11) is 1.59. The average Bonchev–Trinajstić information content (AvgIpc) is 3.08. The Bertz CT molecular complexity index is 862. The largest absolute Gasteiger partial charge is 0.383 e. The summed E-state index contributed by atoms with van der Waals surface area (Å²) in [5.41, 5.74) is 2.83. The monoisotopic (exact) mass is 355 g/mol. The lowest BCUT2D eigenvalue weighted by Gasteiger charge is -2.08. The van der Waals surface area contributed by atoms with Crippen molar-refractivity contribution in [2.45, 2.75) is 0 Å². The van der Waals surface area contributed by atoms with Crippen LogP contribution in [-0.4, -0.2) is 35.9 Å². The molecule has 0 saturated heterocycles. The molecule has 1 amide bonds. The lowest BCUT2D eigenvalue weighted by atomic mass is 10.1. The van der Waals surface area contributed by atoms with Gasteiger partial charge in [-0.05, 0) is 24.3 Å². The molecule has 5 nitrogen and oxygen atoms in total. The van der Waals surface area contributed by atoms with Crippen molar-refractivity contribution in [2.24, 2.45) is 0 Å². The Hall–Kier alpha value is -2.63. The highest BCUT2D eigenvalue weighted by Gasteiger charge is 2.17. The summed E-state index contributed by atoms with van der Waals surface area (Å²) in [6, 6.07) is 18.7. The van der Waals surface area contributed by atoms with Crippen LogP contribution in [0.25, 0.3) is 16.9 Å². The number of carbonyl (C=O) groups is 1. The maximum atomic E-state index is 12.6. The molecule has 1 heterocycles. The highest BCUT2D eigenvalue weighted by molar-refractivity contribution is 6.30. The van der Waals surface area contributed by atoms with Crippen molar-refractivity contribution in [2.75, 3.05) is 20.3 Å². The van der Waals surface area contributed by atoms with Gasteiger partial charge in [-0.3, -0.25) is 4.79 Å².